The van der Waals surface area contributed by atoms with E-state index in [4.69, 9.17) is 9.84 Å². The van der Waals surface area contributed by atoms with E-state index < -0.39 is 12.1 Å². The van der Waals surface area contributed by atoms with Gasteiger partial charge in [-0.2, -0.15) is 0 Å². The lowest BCUT2D eigenvalue weighted by atomic mass is 10.2. The molecule has 1 saturated heterocycles. The van der Waals surface area contributed by atoms with Gasteiger partial charge in [0.2, 0.25) is 0 Å². The molecule has 0 saturated carbocycles. The van der Waals surface area contributed by atoms with Crippen molar-refractivity contribution in [1.29, 1.82) is 0 Å². The number of anilines is 1. The van der Waals surface area contributed by atoms with Gasteiger partial charge in [-0.3, -0.25) is 0 Å². The molecule has 1 aromatic heterocycles. The quantitative estimate of drug-likeness (QED) is 0.765. The normalized spacial score (nSPS) is 20.8. The second-order valence-electron chi connectivity index (χ2n) is 3.66. The average Bonchev–Trinajstić information content (AvgIpc) is 2.29. The Balaban J connectivity index is 2.12. The minimum Gasteiger partial charge on any atom is -0.479 e. The Hall–Kier alpha value is -1.69. The largest absolute Gasteiger partial charge is 0.479 e. The van der Waals surface area contributed by atoms with Crippen molar-refractivity contribution in [3.05, 3.63) is 18.1 Å². The van der Waals surface area contributed by atoms with Crippen molar-refractivity contribution in [2.45, 2.75) is 13.0 Å². The minimum absolute atomic E-state index is 0.325. The van der Waals surface area contributed by atoms with E-state index in [9.17, 15) is 4.79 Å². The molecule has 1 unspecified atom stereocenters. The smallest absolute Gasteiger partial charge is 0.334 e. The second kappa shape index (κ2) is 4.44. The summed E-state index contributed by atoms with van der Waals surface area (Å²) in [5.74, 6) is -0.183. The molecule has 1 aromatic rings. The molecule has 6 heteroatoms. The monoisotopic (exact) mass is 223 g/mol. The highest BCUT2D eigenvalue weighted by Gasteiger charge is 2.26. The van der Waals surface area contributed by atoms with Gasteiger partial charge in [-0.25, -0.2) is 14.8 Å². The zero-order valence-electron chi connectivity index (χ0n) is 8.96. The van der Waals surface area contributed by atoms with Crippen molar-refractivity contribution in [1.82, 2.24) is 9.97 Å². The van der Waals surface area contributed by atoms with Crippen molar-refractivity contribution >= 4 is 11.8 Å². The summed E-state index contributed by atoms with van der Waals surface area (Å²) in [7, 11) is 0. The van der Waals surface area contributed by atoms with E-state index >= 15 is 0 Å². The number of carboxylic acid groups (broad SMARTS) is 1. The summed E-state index contributed by atoms with van der Waals surface area (Å²) in [6, 6.07) is 1.84. The molecule has 1 fully saturated rings. The van der Waals surface area contributed by atoms with Gasteiger partial charge in [0.1, 0.15) is 12.1 Å². The number of hydrogen-bond acceptors (Lipinski definition) is 5. The number of aryl methyl sites for hydroxylation is 1. The van der Waals surface area contributed by atoms with E-state index in [-0.39, 0.29) is 0 Å². The van der Waals surface area contributed by atoms with Gasteiger partial charge in [-0.15, -0.1) is 0 Å². The highest BCUT2D eigenvalue weighted by molar-refractivity contribution is 5.73. The molecular formula is C10H13N3O3. The maximum Gasteiger partial charge on any atom is 0.334 e. The maximum atomic E-state index is 10.8. The molecule has 0 aliphatic carbocycles. The number of ether oxygens (including phenoxy) is 1. The first-order valence-electron chi connectivity index (χ1n) is 5.05. The topological polar surface area (TPSA) is 75.5 Å². The maximum absolute atomic E-state index is 10.8. The molecule has 86 valence electrons. The summed E-state index contributed by atoms with van der Waals surface area (Å²) in [5.41, 5.74) is 0.864. The predicted molar refractivity (Wildman–Crippen MR) is 56.4 cm³/mol. The third-order valence-corrected chi connectivity index (χ3v) is 2.46. The Morgan fingerprint density at radius 3 is 3.12 bits per heavy atom. The fraction of sp³-hybridized carbons (Fsp3) is 0.500. The zero-order chi connectivity index (χ0) is 11.5. The van der Waals surface area contributed by atoms with Crippen LogP contribution in [0.4, 0.5) is 5.82 Å². The highest BCUT2D eigenvalue weighted by atomic mass is 16.5. The predicted octanol–water partition coefficient (Wildman–Crippen LogP) is 0.0748. The second-order valence-corrected chi connectivity index (χ2v) is 3.66. The van der Waals surface area contributed by atoms with Gasteiger partial charge in [0.05, 0.1) is 13.2 Å². The van der Waals surface area contributed by atoms with Crippen LogP contribution in [0.3, 0.4) is 0 Å². The van der Waals surface area contributed by atoms with Crippen LogP contribution in [-0.4, -0.2) is 46.8 Å². The molecule has 2 rings (SSSR count). The fourth-order valence-corrected chi connectivity index (χ4v) is 1.62. The van der Waals surface area contributed by atoms with Gasteiger partial charge in [-0.1, -0.05) is 0 Å². The summed E-state index contributed by atoms with van der Waals surface area (Å²) in [6.45, 7) is 3.26. The highest BCUT2D eigenvalue weighted by Crippen LogP contribution is 2.15. The number of morpholine rings is 1. The first kappa shape index (κ1) is 10.8. The number of aliphatic carboxylic acids is 1. The molecule has 1 atom stereocenters. The minimum atomic E-state index is -0.935. The van der Waals surface area contributed by atoms with Crippen LogP contribution in [0.1, 0.15) is 5.69 Å². The summed E-state index contributed by atoms with van der Waals surface area (Å²) in [6.07, 6.45) is 0.708. The first-order chi connectivity index (χ1) is 7.66. The van der Waals surface area contributed by atoms with E-state index in [1.165, 1.54) is 6.33 Å². The number of aromatic nitrogens is 2. The standard InChI is InChI=1S/C10H13N3O3/c1-7-4-9(12-6-11-7)13-2-3-16-8(5-13)10(14)15/h4,6,8H,2-3,5H2,1H3,(H,14,15). The number of carbonyl (C=O) groups is 1. The molecule has 0 aromatic carbocycles. The van der Waals surface area contributed by atoms with Gasteiger partial charge >= 0.3 is 5.97 Å². The van der Waals surface area contributed by atoms with Crippen LogP contribution >= 0.6 is 0 Å². The fourth-order valence-electron chi connectivity index (χ4n) is 1.62. The molecule has 1 N–H and O–H groups in total. The molecule has 0 spiro atoms. The van der Waals surface area contributed by atoms with Gasteiger partial charge in [0, 0.05) is 18.3 Å². The number of nitrogens with zero attached hydrogens (tertiary/aromatic N) is 3. The molecule has 0 bridgehead atoms. The van der Waals surface area contributed by atoms with Crippen LogP contribution in [0, 0.1) is 6.92 Å². The molecule has 16 heavy (non-hydrogen) atoms. The molecular weight excluding hydrogens is 210 g/mol. The van der Waals surface area contributed by atoms with Gasteiger partial charge < -0.3 is 14.7 Å². The summed E-state index contributed by atoms with van der Waals surface area (Å²) in [5, 5.41) is 8.87. The van der Waals surface area contributed by atoms with E-state index in [2.05, 4.69) is 9.97 Å². The summed E-state index contributed by atoms with van der Waals surface area (Å²) in [4.78, 5) is 20.8. The van der Waals surface area contributed by atoms with Crippen molar-refractivity contribution in [3.63, 3.8) is 0 Å². The lowest BCUT2D eigenvalue weighted by molar-refractivity contribution is -0.150. The Bertz CT molecular complexity index is 397. The first-order valence-corrected chi connectivity index (χ1v) is 5.05. The zero-order valence-corrected chi connectivity index (χ0v) is 8.96. The van der Waals surface area contributed by atoms with Crippen LogP contribution in [0.2, 0.25) is 0 Å². The van der Waals surface area contributed by atoms with Crippen molar-refractivity contribution < 1.29 is 14.6 Å². The molecule has 0 amide bonds. The lowest BCUT2D eigenvalue weighted by Crippen LogP contribution is -2.46. The molecule has 6 nitrogen and oxygen atoms in total. The number of hydrogen-bond donors (Lipinski definition) is 1. The van der Waals surface area contributed by atoms with E-state index in [1.807, 2.05) is 17.9 Å². The van der Waals surface area contributed by atoms with E-state index in [0.29, 0.717) is 19.7 Å². The molecule has 1 aliphatic heterocycles. The Morgan fingerprint density at radius 1 is 1.62 bits per heavy atom. The van der Waals surface area contributed by atoms with Crippen molar-refractivity contribution in [2.24, 2.45) is 0 Å². The summed E-state index contributed by atoms with van der Waals surface area (Å²) < 4.78 is 5.14. The Kier molecular flexibility index (Phi) is 3.00. The van der Waals surface area contributed by atoms with Gasteiger partial charge in [0.25, 0.3) is 0 Å². The van der Waals surface area contributed by atoms with Crippen LogP contribution in [0.5, 0.6) is 0 Å². The van der Waals surface area contributed by atoms with Gasteiger partial charge in [-0.05, 0) is 6.92 Å². The van der Waals surface area contributed by atoms with E-state index in [0.717, 1.165) is 11.5 Å². The Morgan fingerprint density at radius 2 is 2.44 bits per heavy atom. The summed E-state index contributed by atoms with van der Waals surface area (Å²) >= 11 is 0. The molecule has 0 radical (unpaired) electrons. The van der Waals surface area contributed by atoms with Crippen LogP contribution in [-0.2, 0) is 9.53 Å². The van der Waals surface area contributed by atoms with Crippen LogP contribution in [0.15, 0.2) is 12.4 Å². The van der Waals surface area contributed by atoms with E-state index in [1.54, 1.807) is 0 Å². The SMILES string of the molecule is Cc1cc(N2CCOC(C(=O)O)C2)ncn1. The number of carboxylic acids is 1. The van der Waals surface area contributed by atoms with Gasteiger partial charge in [0.15, 0.2) is 6.10 Å². The van der Waals surface area contributed by atoms with Crippen LogP contribution < -0.4 is 4.90 Å². The third-order valence-electron chi connectivity index (χ3n) is 2.46. The Labute approximate surface area is 92.9 Å². The lowest BCUT2D eigenvalue weighted by Gasteiger charge is -2.31. The van der Waals surface area contributed by atoms with Crippen molar-refractivity contribution in [3.8, 4) is 0 Å². The number of rotatable bonds is 2. The van der Waals surface area contributed by atoms with Crippen molar-refractivity contribution in [2.75, 3.05) is 24.6 Å². The average molecular weight is 223 g/mol. The third kappa shape index (κ3) is 2.27. The molecule has 2 heterocycles. The van der Waals surface area contributed by atoms with Crippen LogP contribution in [0.25, 0.3) is 0 Å². The molecule has 1 aliphatic rings.